The van der Waals surface area contributed by atoms with Crippen LogP contribution in [0.15, 0.2) is 71.6 Å². The maximum Gasteiger partial charge on any atom is 0.255 e. The maximum atomic E-state index is 13.2. The van der Waals surface area contributed by atoms with Crippen molar-refractivity contribution in [2.24, 2.45) is 0 Å². The third kappa shape index (κ3) is 4.65. The van der Waals surface area contributed by atoms with E-state index in [-0.39, 0.29) is 16.6 Å². The fourth-order valence-electron chi connectivity index (χ4n) is 4.24. The minimum Gasteiger partial charge on any atom is -0.336 e. The van der Waals surface area contributed by atoms with Crippen LogP contribution >= 0.6 is 0 Å². The highest BCUT2D eigenvalue weighted by atomic mass is 32.2. The van der Waals surface area contributed by atoms with Crippen LogP contribution in [-0.4, -0.2) is 56.1 Å². The smallest absolute Gasteiger partial charge is 0.255 e. The van der Waals surface area contributed by atoms with Crippen LogP contribution in [0.1, 0.15) is 29.3 Å². The van der Waals surface area contributed by atoms with Crippen molar-refractivity contribution >= 4 is 26.5 Å². The van der Waals surface area contributed by atoms with Gasteiger partial charge in [-0.3, -0.25) is 9.69 Å². The van der Waals surface area contributed by atoms with Crippen LogP contribution in [-0.2, 0) is 16.4 Å². The molecule has 5 nitrogen and oxygen atoms in total. The summed E-state index contributed by atoms with van der Waals surface area (Å²) in [6, 6.07) is 21.4. The Balaban J connectivity index is 1.45. The lowest BCUT2D eigenvalue weighted by Gasteiger charge is -2.35. The van der Waals surface area contributed by atoms with Crippen LogP contribution in [0.3, 0.4) is 0 Å². The highest BCUT2D eigenvalue weighted by Gasteiger charge is 2.27. The number of sulfone groups is 1. The Labute approximate surface area is 184 Å². The van der Waals surface area contributed by atoms with E-state index >= 15 is 0 Å². The molecular formula is C25H28N2O3S. The Kier molecular flexibility index (Phi) is 6.39. The van der Waals surface area contributed by atoms with Crippen LogP contribution in [0.4, 0.5) is 0 Å². The first-order chi connectivity index (χ1) is 15.0. The first-order valence-corrected chi connectivity index (χ1v) is 12.4. The minimum absolute atomic E-state index is 0.0517. The lowest BCUT2D eigenvalue weighted by Crippen LogP contribution is -2.48. The van der Waals surface area contributed by atoms with Gasteiger partial charge >= 0.3 is 0 Å². The number of nitrogens with zero attached hydrogens (tertiary/aromatic N) is 2. The summed E-state index contributed by atoms with van der Waals surface area (Å²) >= 11 is 0. The van der Waals surface area contributed by atoms with E-state index in [1.807, 2.05) is 6.92 Å². The number of hydrogen-bond acceptors (Lipinski definition) is 4. The second-order valence-electron chi connectivity index (χ2n) is 8.02. The molecule has 0 aliphatic carbocycles. The van der Waals surface area contributed by atoms with E-state index < -0.39 is 9.84 Å². The van der Waals surface area contributed by atoms with Gasteiger partial charge < -0.3 is 4.90 Å². The van der Waals surface area contributed by atoms with E-state index in [0.717, 1.165) is 19.6 Å². The lowest BCUT2D eigenvalue weighted by atomic mass is 10.0. The van der Waals surface area contributed by atoms with Gasteiger partial charge in [0.05, 0.1) is 16.2 Å². The Morgan fingerprint density at radius 1 is 0.871 bits per heavy atom. The molecule has 0 aromatic heterocycles. The molecule has 0 atom stereocenters. The van der Waals surface area contributed by atoms with Gasteiger partial charge in [0.2, 0.25) is 0 Å². The second kappa shape index (κ2) is 9.20. The molecule has 1 aliphatic heterocycles. The zero-order chi connectivity index (χ0) is 21.8. The number of rotatable bonds is 6. The highest BCUT2D eigenvalue weighted by Crippen LogP contribution is 2.23. The zero-order valence-corrected chi connectivity index (χ0v) is 18.6. The molecule has 3 aromatic carbocycles. The van der Waals surface area contributed by atoms with Gasteiger partial charge in [0.1, 0.15) is 0 Å². The van der Waals surface area contributed by atoms with Crippen molar-refractivity contribution in [2.75, 3.05) is 31.9 Å². The minimum atomic E-state index is -3.45. The summed E-state index contributed by atoms with van der Waals surface area (Å²) in [5.74, 6) is -0.143. The van der Waals surface area contributed by atoms with Gasteiger partial charge in [-0.05, 0) is 34.9 Å². The van der Waals surface area contributed by atoms with E-state index in [1.54, 1.807) is 29.2 Å². The molecule has 1 saturated heterocycles. The van der Waals surface area contributed by atoms with Gasteiger partial charge in [0.15, 0.2) is 9.84 Å². The maximum absolute atomic E-state index is 13.2. The normalized spacial score (nSPS) is 15.3. The summed E-state index contributed by atoms with van der Waals surface area (Å²) in [5, 5.41) is 2.50. The van der Waals surface area contributed by atoms with E-state index in [9.17, 15) is 13.2 Å². The van der Waals surface area contributed by atoms with E-state index in [0.29, 0.717) is 25.1 Å². The van der Waals surface area contributed by atoms with E-state index in [4.69, 9.17) is 0 Å². The van der Waals surface area contributed by atoms with Gasteiger partial charge in [-0.15, -0.1) is 0 Å². The number of amides is 1. The first-order valence-electron chi connectivity index (χ1n) is 10.8. The molecule has 0 radical (unpaired) electrons. The monoisotopic (exact) mass is 436 g/mol. The molecule has 162 valence electrons. The highest BCUT2D eigenvalue weighted by molar-refractivity contribution is 7.91. The Bertz CT molecular complexity index is 1180. The first kappa shape index (κ1) is 21.5. The molecule has 0 saturated carbocycles. The summed E-state index contributed by atoms with van der Waals surface area (Å²) in [6.45, 7) is 5.37. The number of benzene rings is 3. The molecule has 1 amide bonds. The largest absolute Gasteiger partial charge is 0.336 e. The van der Waals surface area contributed by atoms with Crippen molar-refractivity contribution in [3.8, 4) is 0 Å². The summed E-state index contributed by atoms with van der Waals surface area (Å²) in [4.78, 5) is 17.4. The van der Waals surface area contributed by atoms with Crippen molar-refractivity contribution in [3.63, 3.8) is 0 Å². The number of piperazine rings is 1. The van der Waals surface area contributed by atoms with Crippen LogP contribution in [0.2, 0.25) is 0 Å². The Hall–Kier alpha value is -2.70. The van der Waals surface area contributed by atoms with Gasteiger partial charge in [-0.2, -0.15) is 0 Å². The van der Waals surface area contributed by atoms with Crippen molar-refractivity contribution in [2.45, 2.75) is 24.8 Å². The third-order valence-corrected chi connectivity index (χ3v) is 7.83. The van der Waals surface area contributed by atoms with Crippen molar-refractivity contribution in [1.82, 2.24) is 9.80 Å². The average Bonchev–Trinajstić information content (AvgIpc) is 2.79. The molecular weight excluding hydrogens is 408 g/mol. The van der Waals surface area contributed by atoms with Crippen molar-refractivity contribution < 1.29 is 13.2 Å². The van der Waals surface area contributed by atoms with Crippen LogP contribution in [0.25, 0.3) is 10.8 Å². The van der Waals surface area contributed by atoms with Crippen LogP contribution < -0.4 is 0 Å². The molecule has 1 heterocycles. The van der Waals surface area contributed by atoms with Gasteiger partial charge in [0, 0.05) is 32.7 Å². The molecule has 0 spiro atoms. The standard InChI is InChI=1S/C25H28N2O3S/c1-2-18-31(29,30)24-13-6-5-12-23(24)25(28)27-16-14-26(15-17-27)19-21-10-7-9-20-8-3-4-11-22(20)21/h3-13H,2,14-19H2,1H3. The molecule has 0 bridgehead atoms. The topological polar surface area (TPSA) is 57.7 Å². The zero-order valence-electron chi connectivity index (χ0n) is 17.8. The molecule has 31 heavy (non-hydrogen) atoms. The molecule has 1 aliphatic rings. The number of fused-ring (bicyclic) bond motifs is 1. The SMILES string of the molecule is CCCS(=O)(=O)c1ccccc1C(=O)N1CCN(Cc2cccc3ccccc23)CC1. The quantitative estimate of drug-likeness (QED) is 0.586. The molecule has 1 fully saturated rings. The van der Waals surface area contributed by atoms with Crippen molar-refractivity contribution in [3.05, 3.63) is 77.9 Å². The lowest BCUT2D eigenvalue weighted by molar-refractivity contribution is 0.0625. The molecule has 0 unspecified atom stereocenters. The number of hydrogen-bond donors (Lipinski definition) is 0. The molecule has 6 heteroatoms. The average molecular weight is 437 g/mol. The van der Waals surface area contributed by atoms with Crippen LogP contribution in [0.5, 0.6) is 0 Å². The van der Waals surface area contributed by atoms with Gasteiger partial charge in [0.25, 0.3) is 5.91 Å². The van der Waals surface area contributed by atoms with E-state index in [1.165, 1.54) is 16.3 Å². The summed E-state index contributed by atoms with van der Waals surface area (Å²) < 4.78 is 25.2. The summed E-state index contributed by atoms with van der Waals surface area (Å²) in [6.07, 6.45) is 0.525. The predicted molar refractivity (Wildman–Crippen MR) is 124 cm³/mol. The summed E-state index contributed by atoms with van der Waals surface area (Å²) in [7, 11) is -3.45. The van der Waals surface area contributed by atoms with E-state index in [2.05, 4.69) is 47.4 Å². The number of carbonyl (C=O) groups excluding carboxylic acids is 1. The second-order valence-corrected chi connectivity index (χ2v) is 10.1. The molecule has 4 rings (SSSR count). The Morgan fingerprint density at radius 3 is 2.32 bits per heavy atom. The third-order valence-electron chi connectivity index (χ3n) is 5.86. The summed E-state index contributed by atoms with van der Waals surface area (Å²) in [5.41, 5.74) is 1.58. The Morgan fingerprint density at radius 2 is 1.55 bits per heavy atom. The molecule has 0 N–H and O–H groups in total. The molecule has 3 aromatic rings. The van der Waals surface area contributed by atoms with Gasteiger partial charge in [-0.25, -0.2) is 8.42 Å². The number of carbonyl (C=O) groups is 1. The predicted octanol–water partition coefficient (Wildman–Crippen LogP) is 3.98. The van der Waals surface area contributed by atoms with Crippen molar-refractivity contribution in [1.29, 1.82) is 0 Å². The van der Waals surface area contributed by atoms with Crippen LogP contribution in [0, 0.1) is 0 Å². The fraction of sp³-hybridized carbons (Fsp3) is 0.320. The van der Waals surface area contributed by atoms with Gasteiger partial charge in [-0.1, -0.05) is 61.5 Å². The fourth-order valence-corrected chi connectivity index (χ4v) is 5.78.